The molecule has 1 N–H and O–H groups in total. The summed E-state index contributed by atoms with van der Waals surface area (Å²) in [6.45, 7) is 4.23. The van der Waals surface area contributed by atoms with Gasteiger partial charge in [-0.15, -0.1) is 11.3 Å². The Kier molecular flexibility index (Phi) is 2.72. The lowest BCUT2D eigenvalue weighted by molar-refractivity contribution is 0.200. The lowest BCUT2D eigenvalue weighted by Gasteiger charge is -2.39. The Morgan fingerprint density at radius 2 is 2.29 bits per heavy atom. The van der Waals surface area contributed by atoms with E-state index in [0.717, 1.165) is 35.5 Å². The molecule has 1 aliphatic rings. The van der Waals surface area contributed by atoms with Gasteiger partial charge in [-0.05, 0) is 12.5 Å². The maximum absolute atomic E-state index is 9.05. The lowest BCUT2D eigenvalue weighted by Crippen LogP contribution is -2.48. The Morgan fingerprint density at radius 3 is 3.00 bits per heavy atom. The monoisotopic (exact) mass is 249 g/mol. The van der Waals surface area contributed by atoms with Crippen molar-refractivity contribution in [3.05, 3.63) is 17.3 Å². The number of hydrogen-bond acceptors (Lipinski definition) is 5. The van der Waals surface area contributed by atoms with Gasteiger partial charge < -0.3 is 10.0 Å². The average Bonchev–Trinajstić information content (AvgIpc) is 2.71. The molecule has 90 valence electrons. The van der Waals surface area contributed by atoms with E-state index in [1.54, 1.807) is 17.7 Å². The maximum atomic E-state index is 9.05. The highest BCUT2D eigenvalue weighted by Crippen LogP contribution is 2.33. The van der Waals surface area contributed by atoms with Crippen LogP contribution in [0.1, 0.15) is 11.8 Å². The number of thiophene rings is 1. The SMILES string of the molecule is CCc1cc2c(N3CC(CO)C3)ncnc2s1. The zero-order valence-corrected chi connectivity index (χ0v) is 10.6. The third kappa shape index (κ3) is 1.79. The van der Waals surface area contributed by atoms with Gasteiger partial charge in [-0.2, -0.15) is 0 Å². The first-order chi connectivity index (χ1) is 8.31. The number of aliphatic hydroxyl groups excluding tert-OH is 1. The lowest BCUT2D eigenvalue weighted by atomic mass is 10.0. The molecule has 1 saturated heterocycles. The van der Waals surface area contributed by atoms with Crippen LogP contribution in [0.15, 0.2) is 12.4 Å². The van der Waals surface area contributed by atoms with Crippen LogP contribution in [0.25, 0.3) is 10.2 Å². The van der Waals surface area contributed by atoms with Gasteiger partial charge in [0.1, 0.15) is 17.0 Å². The number of hydrogen-bond donors (Lipinski definition) is 1. The van der Waals surface area contributed by atoms with E-state index in [0.29, 0.717) is 5.92 Å². The fourth-order valence-electron chi connectivity index (χ4n) is 2.18. The smallest absolute Gasteiger partial charge is 0.140 e. The predicted molar refractivity (Wildman–Crippen MR) is 69.6 cm³/mol. The molecule has 17 heavy (non-hydrogen) atoms. The number of rotatable bonds is 3. The third-order valence-electron chi connectivity index (χ3n) is 3.22. The van der Waals surface area contributed by atoms with Crippen LogP contribution < -0.4 is 4.90 Å². The largest absolute Gasteiger partial charge is 0.396 e. The Bertz CT molecular complexity index is 534. The Morgan fingerprint density at radius 1 is 1.47 bits per heavy atom. The molecule has 4 nitrogen and oxygen atoms in total. The van der Waals surface area contributed by atoms with Crippen LogP contribution in [-0.4, -0.2) is 34.8 Å². The second-order valence-electron chi connectivity index (χ2n) is 4.44. The minimum Gasteiger partial charge on any atom is -0.396 e. The van der Waals surface area contributed by atoms with Gasteiger partial charge in [0.25, 0.3) is 0 Å². The third-order valence-corrected chi connectivity index (χ3v) is 4.41. The van der Waals surface area contributed by atoms with Gasteiger partial charge >= 0.3 is 0 Å². The van der Waals surface area contributed by atoms with Crippen molar-refractivity contribution in [2.45, 2.75) is 13.3 Å². The van der Waals surface area contributed by atoms with Crippen molar-refractivity contribution in [2.75, 3.05) is 24.6 Å². The molecule has 0 unspecified atom stereocenters. The standard InChI is InChI=1S/C12H15N3OS/c1-2-9-3-10-11(13-7-14-12(10)17-9)15-4-8(5-15)6-16/h3,7-8,16H,2,4-6H2,1H3. The highest BCUT2D eigenvalue weighted by molar-refractivity contribution is 7.18. The van der Waals surface area contributed by atoms with Gasteiger partial charge in [0, 0.05) is 30.5 Å². The van der Waals surface area contributed by atoms with Crippen LogP contribution in [0.5, 0.6) is 0 Å². The second-order valence-corrected chi connectivity index (χ2v) is 5.55. The number of fused-ring (bicyclic) bond motifs is 1. The average molecular weight is 249 g/mol. The van der Waals surface area contributed by atoms with Crippen molar-refractivity contribution >= 4 is 27.4 Å². The summed E-state index contributed by atoms with van der Waals surface area (Å²) >= 11 is 1.74. The fourth-order valence-corrected chi connectivity index (χ4v) is 3.11. The van der Waals surface area contributed by atoms with Gasteiger partial charge in [0.15, 0.2) is 0 Å². The number of aromatic nitrogens is 2. The summed E-state index contributed by atoms with van der Waals surface area (Å²) in [6, 6.07) is 2.20. The van der Waals surface area contributed by atoms with E-state index in [-0.39, 0.29) is 6.61 Å². The van der Waals surface area contributed by atoms with E-state index in [9.17, 15) is 0 Å². The molecule has 2 aromatic heterocycles. The molecule has 0 aromatic carbocycles. The molecular formula is C12H15N3OS. The van der Waals surface area contributed by atoms with Gasteiger partial charge in [0.2, 0.25) is 0 Å². The molecule has 0 amide bonds. The summed E-state index contributed by atoms with van der Waals surface area (Å²) in [5.74, 6) is 1.43. The second kappa shape index (κ2) is 4.23. The van der Waals surface area contributed by atoms with E-state index < -0.39 is 0 Å². The summed E-state index contributed by atoms with van der Waals surface area (Å²) in [5, 5.41) is 10.2. The van der Waals surface area contributed by atoms with E-state index in [1.807, 2.05) is 0 Å². The van der Waals surface area contributed by atoms with Crippen molar-refractivity contribution in [2.24, 2.45) is 5.92 Å². The number of anilines is 1. The normalized spacial score (nSPS) is 16.5. The van der Waals surface area contributed by atoms with Crippen LogP contribution in [0.2, 0.25) is 0 Å². The zero-order chi connectivity index (χ0) is 11.8. The summed E-state index contributed by atoms with van der Waals surface area (Å²) in [4.78, 5) is 13.3. The summed E-state index contributed by atoms with van der Waals surface area (Å²) in [5.41, 5.74) is 0. The molecular weight excluding hydrogens is 234 g/mol. The van der Waals surface area contributed by atoms with Crippen LogP contribution in [0.3, 0.4) is 0 Å². The molecule has 0 saturated carbocycles. The highest BCUT2D eigenvalue weighted by atomic mass is 32.1. The molecule has 0 atom stereocenters. The Balaban J connectivity index is 1.96. The molecule has 5 heteroatoms. The maximum Gasteiger partial charge on any atom is 0.140 e. The van der Waals surface area contributed by atoms with Gasteiger partial charge in [-0.3, -0.25) is 0 Å². The minimum absolute atomic E-state index is 0.272. The summed E-state index contributed by atoms with van der Waals surface area (Å²) in [7, 11) is 0. The highest BCUT2D eigenvalue weighted by Gasteiger charge is 2.28. The van der Waals surface area contributed by atoms with Gasteiger partial charge in [0.05, 0.1) is 5.39 Å². The molecule has 3 heterocycles. The Labute approximate surface area is 104 Å². The number of aryl methyl sites for hydroxylation is 1. The first-order valence-corrected chi connectivity index (χ1v) is 6.72. The van der Waals surface area contributed by atoms with Gasteiger partial charge in [-0.1, -0.05) is 6.92 Å². The zero-order valence-electron chi connectivity index (χ0n) is 9.76. The summed E-state index contributed by atoms with van der Waals surface area (Å²) in [6.07, 6.45) is 2.68. The van der Waals surface area contributed by atoms with E-state index in [4.69, 9.17) is 5.11 Å². The Hall–Kier alpha value is -1.20. The first-order valence-electron chi connectivity index (χ1n) is 5.91. The van der Waals surface area contributed by atoms with Gasteiger partial charge in [-0.25, -0.2) is 9.97 Å². The van der Waals surface area contributed by atoms with Crippen molar-refractivity contribution in [3.8, 4) is 0 Å². The van der Waals surface area contributed by atoms with Crippen molar-refractivity contribution in [1.29, 1.82) is 0 Å². The van der Waals surface area contributed by atoms with E-state index in [1.165, 1.54) is 4.88 Å². The molecule has 0 aliphatic carbocycles. The topological polar surface area (TPSA) is 49.2 Å². The quantitative estimate of drug-likeness (QED) is 0.899. The van der Waals surface area contributed by atoms with Crippen LogP contribution in [0, 0.1) is 5.92 Å². The minimum atomic E-state index is 0.272. The van der Waals surface area contributed by atoms with Crippen LogP contribution in [0.4, 0.5) is 5.82 Å². The predicted octanol–water partition coefficient (Wildman–Crippen LogP) is 1.68. The van der Waals surface area contributed by atoms with Crippen LogP contribution >= 0.6 is 11.3 Å². The van der Waals surface area contributed by atoms with Crippen molar-refractivity contribution < 1.29 is 5.11 Å². The number of aliphatic hydroxyl groups is 1. The molecule has 1 aliphatic heterocycles. The number of nitrogens with zero attached hydrogens (tertiary/aromatic N) is 3. The molecule has 0 bridgehead atoms. The molecule has 0 radical (unpaired) electrons. The summed E-state index contributed by atoms with van der Waals surface area (Å²) < 4.78 is 0. The van der Waals surface area contributed by atoms with Crippen LogP contribution in [-0.2, 0) is 6.42 Å². The van der Waals surface area contributed by atoms with E-state index >= 15 is 0 Å². The molecule has 3 rings (SSSR count). The van der Waals surface area contributed by atoms with Crippen molar-refractivity contribution in [1.82, 2.24) is 9.97 Å². The molecule has 2 aromatic rings. The molecule has 1 fully saturated rings. The van der Waals surface area contributed by atoms with Crippen molar-refractivity contribution in [3.63, 3.8) is 0 Å². The molecule has 0 spiro atoms. The first kappa shape index (κ1) is 10.9. The van der Waals surface area contributed by atoms with E-state index in [2.05, 4.69) is 27.9 Å². The fraction of sp³-hybridized carbons (Fsp3) is 0.500.